The van der Waals surface area contributed by atoms with Gasteiger partial charge in [-0.2, -0.15) is 0 Å². The van der Waals surface area contributed by atoms with Crippen LogP contribution in [0, 0.1) is 0 Å². The summed E-state index contributed by atoms with van der Waals surface area (Å²) in [6.07, 6.45) is 0. The Bertz CT molecular complexity index is 577. The number of nitrogens with one attached hydrogen (secondary N) is 1. The first-order chi connectivity index (χ1) is 9.29. The number of hydrogen-bond acceptors (Lipinski definition) is 5. The van der Waals surface area contributed by atoms with Crippen molar-refractivity contribution in [3.63, 3.8) is 0 Å². The van der Waals surface area contributed by atoms with Gasteiger partial charge in [0.2, 0.25) is 0 Å². The van der Waals surface area contributed by atoms with Crippen molar-refractivity contribution >= 4 is 47.6 Å². The first-order valence-electron chi connectivity index (χ1n) is 6.00. The Morgan fingerprint density at radius 3 is 2.15 bits per heavy atom. The van der Waals surface area contributed by atoms with E-state index in [4.69, 9.17) is 5.73 Å². The zero-order valence-electron chi connectivity index (χ0n) is 10.9. The number of sulfonamides is 1. The summed E-state index contributed by atoms with van der Waals surface area (Å²) in [6.45, 7) is 2.96. The normalized spacial score (nSPS) is 18.4. The summed E-state index contributed by atoms with van der Waals surface area (Å²) in [5.41, 5.74) is 6.17. The van der Waals surface area contributed by atoms with Crippen molar-refractivity contribution < 1.29 is 8.42 Å². The lowest BCUT2D eigenvalue weighted by atomic mass is 10.3. The topological polar surface area (TPSA) is 78.7 Å². The van der Waals surface area contributed by atoms with Crippen LogP contribution in [-0.2, 0) is 10.0 Å². The van der Waals surface area contributed by atoms with Gasteiger partial charge in [0, 0.05) is 40.8 Å². The summed E-state index contributed by atoms with van der Waals surface area (Å²) >= 11 is 6.50. The Labute approximate surface area is 135 Å². The van der Waals surface area contributed by atoms with Crippen molar-refractivity contribution in [2.45, 2.75) is 4.90 Å². The predicted molar refractivity (Wildman–Crippen MR) is 85.6 cm³/mol. The second-order valence-corrected chi connectivity index (χ2v) is 8.01. The first kappa shape index (κ1) is 16.2. The second kappa shape index (κ2) is 6.29. The van der Waals surface area contributed by atoms with Gasteiger partial charge in [-0.05, 0) is 51.0 Å². The zero-order valence-corrected chi connectivity index (χ0v) is 14.9. The molecular formula is C11H16Br2N4O2S. The first-order valence-corrected chi connectivity index (χ1v) is 9.07. The molecule has 0 saturated carbocycles. The van der Waals surface area contributed by atoms with Gasteiger partial charge in [0.1, 0.15) is 4.90 Å². The van der Waals surface area contributed by atoms with Crippen LogP contribution in [0.5, 0.6) is 0 Å². The molecule has 3 N–H and O–H groups in total. The van der Waals surface area contributed by atoms with Gasteiger partial charge in [0.05, 0.1) is 0 Å². The molecule has 2 rings (SSSR count). The van der Waals surface area contributed by atoms with Gasteiger partial charge in [0.25, 0.3) is 10.0 Å². The number of piperazine rings is 1. The van der Waals surface area contributed by atoms with Crippen LogP contribution in [0.15, 0.2) is 26.0 Å². The summed E-state index contributed by atoms with van der Waals surface area (Å²) in [5, 5.41) is 1.71. The lowest BCUT2D eigenvalue weighted by Crippen LogP contribution is -2.52. The third-order valence-corrected chi connectivity index (χ3v) is 6.29. The van der Waals surface area contributed by atoms with E-state index in [2.05, 4.69) is 41.6 Å². The molecule has 0 spiro atoms. The van der Waals surface area contributed by atoms with Gasteiger partial charge in [-0.15, -0.1) is 4.83 Å². The van der Waals surface area contributed by atoms with E-state index in [0.29, 0.717) is 27.7 Å². The smallest absolute Gasteiger partial charge is 0.255 e. The van der Waals surface area contributed by atoms with E-state index < -0.39 is 10.0 Å². The summed E-state index contributed by atoms with van der Waals surface area (Å²) in [4.78, 5) is 4.92. The van der Waals surface area contributed by atoms with Gasteiger partial charge in [-0.25, -0.2) is 13.4 Å². The van der Waals surface area contributed by atoms with Crippen molar-refractivity contribution in [2.75, 3.05) is 39.0 Å². The number of benzene rings is 1. The fraction of sp³-hybridized carbons (Fsp3) is 0.455. The van der Waals surface area contributed by atoms with E-state index in [1.54, 1.807) is 17.1 Å². The van der Waals surface area contributed by atoms with Crippen molar-refractivity contribution in [1.29, 1.82) is 0 Å². The minimum atomic E-state index is -3.65. The van der Waals surface area contributed by atoms with Gasteiger partial charge < -0.3 is 10.6 Å². The van der Waals surface area contributed by atoms with Gasteiger partial charge in [0.15, 0.2) is 0 Å². The highest BCUT2D eigenvalue weighted by Crippen LogP contribution is 2.32. The van der Waals surface area contributed by atoms with Crippen molar-refractivity contribution in [1.82, 2.24) is 14.7 Å². The summed E-state index contributed by atoms with van der Waals surface area (Å²) in [5.74, 6) is 0. The molecule has 0 bridgehead atoms. The average Bonchev–Trinajstić information content (AvgIpc) is 2.30. The number of likely N-dealkylation sites (N-methyl/N-ethyl adjacent to an activating group) is 1. The van der Waals surface area contributed by atoms with Crippen LogP contribution >= 0.6 is 31.9 Å². The number of halogens is 2. The predicted octanol–water partition coefficient (Wildman–Crippen LogP) is 1.23. The molecule has 1 aromatic rings. The summed E-state index contributed by atoms with van der Waals surface area (Å²) in [6, 6.07) is 3.15. The van der Waals surface area contributed by atoms with Crippen LogP contribution < -0.4 is 10.6 Å². The van der Waals surface area contributed by atoms with E-state index in [9.17, 15) is 8.42 Å². The number of anilines is 1. The number of nitrogens with zero attached hydrogens (tertiary/aromatic N) is 2. The van der Waals surface area contributed by atoms with Gasteiger partial charge in [-0.1, -0.05) is 0 Å². The van der Waals surface area contributed by atoms with E-state index in [-0.39, 0.29) is 4.90 Å². The summed E-state index contributed by atoms with van der Waals surface area (Å²) in [7, 11) is -1.63. The van der Waals surface area contributed by atoms with Gasteiger partial charge >= 0.3 is 0 Å². The molecule has 112 valence electrons. The monoisotopic (exact) mass is 426 g/mol. The van der Waals surface area contributed by atoms with Crippen molar-refractivity contribution in [3.8, 4) is 0 Å². The third-order valence-electron chi connectivity index (χ3n) is 3.04. The molecule has 1 saturated heterocycles. The Kier molecular flexibility index (Phi) is 5.09. The molecule has 1 aliphatic heterocycles. The minimum Gasteiger partial charge on any atom is -0.399 e. The van der Waals surface area contributed by atoms with Crippen LogP contribution in [-0.4, -0.2) is 51.6 Å². The van der Waals surface area contributed by atoms with Gasteiger partial charge in [-0.3, -0.25) is 0 Å². The largest absolute Gasteiger partial charge is 0.399 e. The molecule has 0 unspecified atom stereocenters. The van der Waals surface area contributed by atoms with E-state index in [1.165, 1.54) is 0 Å². The summed E-state index contributed by atoms with van der Waals surface area (Å²) < 4.78 is 25.8. The second-order valence-electron chi connectivity index (χ2n) is 4.70. The lowest BCUT2D eigenvalue weighted by molar-refractivity contribution is 0.135. The minimum absolute atomic E-state index is 0.158. The molecule has 0 aromatic heterocycles. The molecule has 1 aliphatic rings. The maximum absolute atomic E-state index is 12.5. The molecule has 0 atom stereocenters. The molecule has 0 radical (unpaired) electrons. The third kappa shape index (κ3) is 3.71. The van der Waals surface area contributed by atoms with E-state index >= 15 is 0 Å². The van der Waals surface area contributed by atoms with Crippen LogP contribution in [0.25, 0.3) is 0 Å². The highest BCUT2D eigenvalue weighted by Gasteiger charge is 2.25. The fourth-order valence-electron chi connectivity index (χ4n) is 1.95. The highest BCUT2D eigenvalue weighted by atomic mass is 79.9. The SMILES string of the molecule is CN1CCN(NS(=O)(=O)c2c(Br)cc(N)cc2Br)CC1. The quantitative estimate of drug-likeness (QED) is 0.709. The molecule has 1 aromatic carbocycles. The molecule has 1 fully saturated rings. The molecule has 6 nitrogen and oxygen atoms in total. The molecule has 0 amide bonds. The van der Waals surface area contributed by atoms with Crippen LogP contribution in [0.3, 0.4) is 0 Å². The lowest BCUT2D eigenvalue weighted by Gasteiger charge is -2.32. The molecule has 9 heteroatoms. The maximum Gasteiger partial charge on any atom is 0.255 e. The van der Waals surface area contributed by atoms with E-state index in [0.717, 1.165) is 13.1 Å². The number of hydrogen-bond donors (Lipinski definition) is 2. The molecule has 0 aliphatic carbocycles. The Balaban J connectivity index is 2.23. The van der Waals surface area contributed by atoms with Crippen molar-refractivity contribution in [2.24, 2.45) is 0 Å². The van der Waals surface area contributed by atoms with Crippen molar-refractivity contribution in [3.05, 3.63) is 21.1 Å². The number of nitrogen functional groups attached to an aromatic ring is 1. The maximum atomic E-state index is 12.5. The molecular weight excluding hydrogens is 412 g/mol. The average molecular weight is 428 g/mol. The molecule has 1 heterocycles. The van der Waals surface area contributed by atoms with Crippen LogP contribution in [0.1, 0.15) is 0 Å². The highest BCUT2D eigenvalue weighted by molar-refractivity contribution is 9.11. The number of nitrogens with two attached hydrogens (primary N) is 1. The zero-order chi connectivity index (χ0) is 14.9. The van der Waals surface area contributed by atoms with E-state index in [1.807, 2.05) is 7.05 Å². The van der Waals surface area contributed by atoms with Crippen LogP contribution in [0.4, 0.5) is 5.69 Å². The standard InChI is InChI=1S/C11H16Br2N4O2S/c1-16-2-4-17(5-3-16)15-20(18,19)11-9(12)6-8(14)7-10(11)13/h6-7,15H,2-5,14H2,1H3. The van der Waals surface area contributed by atoms with Crippen LogP contribution in [0.2, 0.25) is 0 Å². The fourth-order valence-corrected chi connectivity index (χ4v) is 5.70. The Morgan fingerprint density at radius 2 is 1.65 bits per heavy atom. The molecule has 20 heavy (non-hydrogen) atoms. The Morgan fingerprint density at radius 1 is 1.15 bits per heavy atom. The number of rotatable bonds is 3. The number of hydrazine groups is 1. The Hall–Kier alpha value is -0.190.